The van der Waals surface area contributed by atoms with Gasteiger partial charge in [0.05, 0.1) is 6.54 Å². The van der Waals surface area contributed by atoms with Crippen LogP contribution in [0, 0.1) is 0 Å². The number of H-pyrrole nitrogens is 1. The molecule has 0 aliphatic carbocycles. The molecule has 7 nitrogen and oxygen atoms in total. The Labute approximate surface area is 148 Å². The first kappa shape index (κ1) is 17.5. The van der Waals surface area contributed by atoms with Gasteiger partial charge in [-0.1, -0.05) is 12.1 Å². The molecule has 1 amide bonds. The maximum Gasteiger partial charge on any atom is 0.328 e. The lowest BCUT2D eigenvalue weighted by molar-refractivity contribution is -0.114. The third-order valence-electron chi connectivity index (χ3n) is 4.19. The Morgan fingerprint density at radius 2 is 2.04 bits per heavy atom. The number of amides is 1. The summed E-state index contributed by atoms with van der Waals surface area (Å²) in [6, 6.07) is 7.44. The van der Waals surface area contributed by atoms with Crippen LogP contribution in [0.4, 0.5) is 5.69 Å². The van der Waals surface area contributed by atoms with Crippen molar-refractivity contribution in [3.05, 3.63) is 61.9 Å². The number of nitrogens with two attached hydrogens (primary N) is 1. The number of hydrogen-bond donors (Lipinski definition) is 3. The molecule has 2 heterocycles. The molecule has 3 rings (SSSR count). The van der Waals surface area contributed by atoms with Gasteiger partial charge in [0.2, 0.25) is 5.91 Å². The van der Waals surface area contributed by atoms with Crippen LogP contribution in [0.3, 0.4) is 0 Å². The van der Waals surface area contributed by atoms with Gasteiger partial charge in [0.1, 0.15) is 0 Å². The zero-order valence-electron chi connectivity index (χ0n) is 13.7. The number of thioether (sulfide) groups is 1. The number of rotatable bonds is 5. The fourth-order valence-electron chi connectivity index (χ4n) is 2.88. The summed E-state index contributed by atoms with van der Waals surface area (Å²) in [5.41, 5.74) is 7.98. The Kier molecular flexibility index (Phi) is 5.40. The van der Waals surface area contributed by atoms with Crippen LogP contribution in [0.5, 0.6) is 0 Å². The van der Waals surface area contributed by atoms with Crippen LogP contribution in [0.2, 0.25) is 0 Å². The van der Waals surface area contributed by atoms with E-state index in [1.54, 1.807) is 16.3 Å². The van der Waals surface area contributed by atoms with E-state index in [0.717, 1.165) is 29.0 Å². The van der Waals surface area contributed by atoms with Crippen LogP contribution >= 0.6 is 11.8 Å². The van der Waals surface area contributed by atoms with Crippen molar-refractivity contribution < 1.29 is 4.79 Å². The molecule has 8 heteroatoms. The summed E-state index contributed by atoms with van der Waals surface area (Å²) in [7, 11) is 0. The molecule has 0 saturated heterocycles. The molecule has 1 aliphatic rings. The number of aromatic nitrogens is 2. The van der Waals surface area contributed by atoms with E-state index < -0.39 is 0 Å². The Hall–Kier alpha value is -2.32. The van der Waals surface area contributed by atoms with Gasteiger partial charge in [0.25, 0.3) is 5.56 Å². The summed E-state index contributed by atoms with van der Waals surface area (Å²) >= 11 is 1.71. The molecule has 0 saturated carbocycles. The van der Waals surface area contributed by atoms with Gasteiger partial charge in [-0.3, -0.25) is 19.1 Å². The second-order valence-electron chi connectivity index (χ2n) is 5.84. The number of hydrogen-bond acceptors (Lipinski definition) is 5. The van der Waals surface area contributed by atoms with Crippen LogP contribution in [0.1, 0.15) is 16.8 Å². The molecule has 1 aliphatic heterocycles. The van der Waals surface area contributed by atoms with Gasteiger partial charge >= 0.3 is 5.69 Å². The summed E-state index contributed by atoms with van der Waals surface area (Å²) in [5.74, 6) is 1.34. The number of nitrogens with one attached hydrogen (secondary N) is 2. The fraction of sp³-hybridized carbons (Fsp3) is 0.353. The Bertz CT molecular complexity index is 886. The van der Waals surface area contributed by atoms with Gasteiger partial charge in [0, 0.05) is 29.2 Å². The summed E-state index contributed by atoms with van der Waals surface area (Å²) < 4.78 is 1.68. The lowest BCUT2D eigenvalue weighted by Gasteiger charge is -2.19. The fourth-order valence-corrected chi connectivity index (χ4v) is 3.86. The number of carbonyl (C=O) groups is 1. The highest BCUT2D eigenvalue weighted by Gasteiger charge is 2.18. The van der Waals surface area contributed by atoms with E-state index in [-0.39, 0.29) is 23.7 Å². The third-order valence-corrected chi connectivity index (χ3v) is 5.18. The predicted molar refractivity (Wildman–Crippen MR) is 99.0 cm³/mol. The second kappa shape index (κ2) is 7.71. The van der Waals surface area contributed by atoms with E-state index in [1.165, 1.54) is 0 Å². The number of aryl methyl sites for hydroxylation is 1. The molecule has 0 spiro atoms. The van der Waals surface area contributed by atoms with E-state index in [9.17, 15) is 14.4 Å². The van der Waals surface area contributed by atoms with E-state index in [0.29, 0.717) is 24.4 Å². The number of benzene rings is 1. The first-order valence-electron chi connectivity index (χ1n) is 8.10. The first-order chi connectivity index (χ1) is 12.1. The summed E-state index contributed by atoms with van der Waals surface area (Å²) in [4.78, 5) is 37.8. The quantitative estimate of drug-likeness (QED) is 0.718. The van der Waals surface area contributed by atoms with Gasteiger partial charge in [0.15, 0.2) is 0 Å². The average molecular weight is 360 g/mol. The molecule has 1 aromatic carbocycles. The minimum absolute atomic E-state index is 0.0553. The maximum absolute atomic E-state index is 12.2. The number of carbonyl (C=O) groups excluding carboxylic acids is 1. The van der Waals surface area contributed by atoms with Gasteiger partial charge in [-0.05, 0) is 36.3 Å². The minimum Gasteiger partial charge on any atom is -0.325 e. The highest BCUT2D eigenvalue weighted by molar-refractivity contribution is 7.98. The average Bonchev–Trinajstić information content (AvgIpc) is 2.62. The van der Waals surface area contributed by atoms with Crippen molar-refractivity contribution >= 4 is 23.4 Å². The monoisotopic (exact) mass is 360 g/mol. The predicted octanol–water partition coefficient (Wildman–Crippen LogP) is 0.466. The van der Waals surface area contributed by atoms with Crippen LogP contribution in [0.15, 0.2) is 33.9 Å². The summed E-state index contributed by atoms with van der Waals surface area (Å²) in [6.07, 6.45) is 1.40. The number of fused-ring (bicyclic) bond motifs is 1. The summed E-state index contributed by atoms with van der Waals surface area (Å²) in [6.45, 7) is 0.456. The second-order valence-corrected chi connectivity index (χ2v) is 6.94. The van der Waals surface area contributed by atoms with Crippen LogP contribution in [-0.4, -0.2) is 27.8 Å². The Morgan fingerprint density at radius 3 is 2.76 bits per heavy atom. The van der Waals surface area contributed by atoms with Crippen molar-refractivity contribution in [2.45, 2.75) is 25.1 Å². The van der Waals surface area contributed by atoms with Gasteiger partial charge in [-0.2, -0.15) is 11.8 Å². The van der Waals surface area contributed by atoms with Crippen molar-refractivity contribution in [1.29, 1.82) is 0 Å². The van der Waals surface area contributed by atoms with E-state index in [2.05, 4.69) is 10.3 Å². The van der Waals surface area contributed by atoms with Crippen LogP contribution in [0.25, 0.3) is 0 Å². The molecule has 0 bridgehead atoms. The standard InChI is InChI=1S/C17H20N4O3S/c18-9-15(22)19-12-3-1-11(2-4-12)5-7-21-14-6-8-25-10-13(14)16(23)20-17(21)24/h1-4H,5-10,18H2,(H,19,22)(H,20,23,24). The molecule has 2 aromatic rings. The lowest BCUT2D eigenvalue weighted by Crippen LogP contribution is -2.37. The number of aromatic amines is 1. The SMILES string of the molecule is NCC(=O)Nc1ccc(CCn2c3c(c(=O)[nH]c2=O)CSCC3)cc1. The highest BCUT2D eigenvalue weighted by atomic mass is 32.2. The minimum atomic E-state index is -0.345. The van der Waals surface area contributed by atoms with Crippen molar-refractivity contribution in [3.8, 4) is 0 Å². The molecule has 1 aromatic heterocycles. The van der Waals surface area contributed by atoms with E-state index >= 15 is 0 Å². The van der Waals surface area contributed by atoms with Crippen LogP contribution < -0.4 is 22.3 Å². The van der Waals surface area contributed by atoms with Gasteiger partial charge in [-0.15, -0.1) is 0 Å². The van der Waals surface area contributed by atoms with Crippen molar-refractivity contribution in [2.24, 2.45) is 5.73 Å². The summed E-state index contributed by atoms with van der Waals surface area (Å²) in [5, 5.41) is 2.69. The zero-order valence-corrected chi connectivity index (χ0v) is 14.5. The molecular weight excluding hydrogens is 340 g/mol. The molecule has 132 valence electrons. The normalized spacial score (nSPS) is 13.3. The maximum atomic E-state index is 12.2. The van der Waals surface area contributed by atoms with Gasteiger partial charge in [-0.25, -0.2) is 4.79 Å². The largest absolute Gasteiger partial charge is 0.328 e. The molecule has 0 fully saturated rings. The Balaban J connectivity index is 1.75. The Morgan fingerprint density at radius 1 is 1.28 bits per heavy atom. The lowest BCUT2D eigenvalue weighted by atomic mass is 10.1. The third kappa shape index (κ3) is 4.02. The van der Waals surface area contributed by atoms with Gasteiger partial charge < -0.3 is 11.1 Å². The van der Waals surface area contributed by atoms with Crippen molar-refractivity contribution in [2.75, 3.05) is 17.6 Å². The molecule has 0 radical (unpaired) electrons. The highest BCUT2D eigenvalue weighted by Crippen LogP contribution is 2.20. The first-order valence-corrected chi connectivity index (χ1v) is 9.25. The van der Waals surface area contributed by atoms with Crippen LogP contribution in [-0.2, 0) is 29.9 Å². The van der Waals surface area contributed by atoms with E-state index in [1.807, 2.05) is 24.3 Å². The smallest absolute Gasteiger partial charge is 0.325 e. The topological polar surface area (TPSA) is 110 Å². The van der Waals surface area contributed by atoms with Crippen molar-refractivity contribution in [1.82, 2.24) is 9.55 Å². The molecule has 4 N–H and O–H groups in total. The number of nitrogens with zero attached hydrogens (tertiary/aromatic N) is 1. The zero-order chi connectivity index (χ0) is 17.8. The van der Waals surface area contributed by atoms with E-state index in [4.69, 9.17) is 5.73 Å². The van der Waals surface area contributed by atoms with Crippen molar-refractivity contribution in [3.63, 3.8) is 0 Å². The number of anilines is 1. The molecule has 0 atom stereocenters. The molecular formula is C17H20N4O3S. The molecule has 0 unspecified atom stereocenters. The molecule has 25 heavy (non-hydrogen) atoms.